The van der Waals surface area contributed by atoms with Crippen molar-refractivity contribution in [3.63, 3.8) is 0 Å². The summed E-state index contributed by atoms with van der Waals surface area (Å²) in [5.74, 6) is 1.32. The van der Waals surface area contributed by atoms with Crippen molar-refractivity contribution in [1.82, 2.24) is 49.7 Å². The first-order valence-corrected chi connectivity index (χ1v) is 16.2. The van der Waals surface area contributed by atoms with Crippen LogP contribution in [0.25, 0.3) is 11.9 Å². The molecule has 0 bridgehead atoms. The van der Waals surface area contributed by atoms with Crippen LogP contribution in [0.2, 0.25) is 0 Å². The van der Waals surface area contributed by atoms with Gasteiger partial charge < -0.3 is 20.1 Å². The molecular formula is C33H53BF3KN10O4. The molecule has 2 N–H and O–H groups in total. The fraction of sp³-hybridized carbons (Fsp3) is 0.485. The van der Waals surface area contributed by atoms with Crippen LogP contribution in [-0.2, 0) is 22.3 Å². The van der Waals surface area contributed by atoms with Crippen LogP contribution < -0.4 is 62.0 Å². The van der Waals surface area contributed by atoms with E-state index in [-0.39, 0.29) is 63.1 Å². The number of rotatable bonds is 5. The first-order chi connectivity index (χ1) is 23.9. The zero-order valence-electron chi connectivity index (χ0n) is 32.5. The van der Waals surface area contributed by atoms with E-state index in [0.717, 1.165) is 24.2 Å². The molecule has 4 rings (SSSR count). The number of ether oxygens (including phenoxy) is 2. The fourth-order valence-corrected chi connectivity index (χ4v) is 2.93. The van der Waals surface area contributed by atoms with Gasteiger partial charge in [-0.3, -0.25) is 29.1 Å². The fourth-order valence-electron chi connectivity index (χ4n) is 2.93. The van der Waals surface area contributed by atoms with Gasteiger partial charge in [0.1, 0.15) is 23.9 Å². The molecule has 2 amide bonds. The van der Waals surface area contributed by atoms with Gasteiger partial charge in [-0.25, -0.2) is 39.5 Å². The normalized spacial score (nSPS) is 9.67. The van der Waals surface area contributed by atoms with Gasteiger partial charge in [-0.1, -0.05) is 27.7 Å². The molecule has 0 radical (unpaired) electrons. The summed E-state index contributed by atoms with van der Waals surface area (Å²) in [5, 5.41) is 4.65. The summed E-state index contributed by atoms with van der Waals surface area (Å²) < 4.78 is 42.3. The summed E-state index contributed by atoms with van der Waals surface area (Å²) in [6, 6.07) is 3.59. The first-order valence-electron chi connectivity index (χ1n) is 16.2. The van der Waals surface area contributed by atoms with E-state index in [0.29, 0.717) is 18.4 Å². The van der Waals surface area contributed by atoms with Crippen molar-refractivity contribution in [3.8, 4) is 11.9 Å². The van der Waals surface area contributed by atoms with Crippen LogP contribution in [-0.4, -0.2) is 76.5 Å². The molecule has 52 heavy (non-hydrogen) atoms. The third-order valence-corrected chi connectivity index (χ3v) is 4.83. The summed E-state index contributed by atoms with van der Waals surface area (Å²) in [4.78, 5) is 46.0. The summed E-state index contributed by atoms with van der Waals surface area (Å²) in [6.45, 7) is 21.5. The Balaban J connectivity index is -0.000000588. The Kier molecular flexibility index (Phi) is 30.7. The topological polar surface area (TPSA) is 164 Å². The van der Waals surface area contributed by atoms with Crippen molar-refractivity contribution in [2.24, 2.45) is 0 Å². The number of hydrogen-bond acceptors (Lipinski definition) is 10. The molecule has 4 aromatic rings. The number of hydrogen-bond donors (Lipinski definition) is 2. The average molecular weight is 761 g/mol. The number of nitrogens with one attached hydrogen (secondary N) is 2. The molecule has 4 heterocycles. The molecular weight excluding hydrogens is 707 g/mol. The Bertz CT molecular complexity index is 1380. The number of imidazole rings is 2. The zero-order valence-corrected chi connectivity index (χ0v) is 35.6. The van der Waals surface area contributed by atoms with Crippen LogP contribution in [0.3, 0.4) is 0 Å². The number of nitrogens with zero attached hydrogens (tertiary/aromatic N) is 8. The second-order valence-corrected chi connectivity index (χ2v) is 11.3. The maximum Gasteiger partial charge on any atom is 1.00 e. The molecule has 0 saturated heterocycles. The van der Waals surface area contributed by atoms with Crippen molar-refractivity contribution >= 4 is 19.7 Å². The van der Waals surface area contributed by atoms with Gasteiger partial charge in [-0.15, -0.1) is 0 Å². The van der Waals surface area contributed by atoms with E-state index in [2.05, 4.69) is 61.4 Å². The molecule has 19 heteroatoms. The minimum absolute atomic E-state index is 0. The van der Waals surface area contributed by atoms with Crippen LogP contribution in [0.5, 0.6) is 0 Å². The van der Waals surface area contributed by atoms with E-state index < -0.39 is 19.2 Å². The largest absolute Gasteiger partial charge is 1.00 e. The predicted molar refractivity (Wildman–Crippen MR) is 192 cm³/mol. The summed E-state index contributed by atoms with van der Waals surface area (Å²) in [7, 11) is -0.521. The molecule has 0 atom stereocenters. The van der Waals surface area contributed by atoms with Crippen LogP contribution in [0.1, 0.15) is 87.5 Å². The first kappa shape index (κ1) is 53.0. The van der Waals surface area contributed by atoms with E-state index in [4.69, 9.17) is 9.47 Å². The second-order valence-electron chi connectivity index (χ2n) is 11.3. The second kappa shape index (κ2) is 30.1. The SMILES string of the molecule is CC.CCNC(=O)OC(C)(C)C.CCc1cn(-c2ncccn2)cn1.CCc1cn(-c2ncccn2)cn1.FB(F)F.[CH2-]NC(=O)OC(C)(C)C.[K+]. The number of aromatic nitrogens is 8. The minimum Gasteiger partial charge on any atom is -0.473 e. The van der Waals surface area contributed by atoms with Gasteiger partial charge in [-0.05, 0) is 73.4 Å². The molecule has 0 unspecified atom stereocenters. The van der Waals surface area contributed by atoms with Gasteiger partial charge in [0.05, 0.1) is 11.4 Å². The molecule has 0 fully saturated rings. The van der Waals surface area contributed by atoms with Gasteiger partial charge >= 0.3 is 71.1 Å². The van der Waals surface area contributed by atoms with Gasteiger partial charge in [0.25, 0.3) is 0 Å². The average Bonchev–Trinajstić information content (AvgIpc) is 3.76. The number of amides is 2. The van der Waals surface area contributed by atoms with E-state index >= 15 is 0 Å². The Labute approximate surface area is 349 Å². The Morgan fingerprint density at radius 1 is 0.712 bits per heavy atom. The Morgan fingerprint density at radius 2 is 1.04 bits per heavy atom. The molecule has 0 aliphatic rings. The van der Waals surface area contributed by atoms with E-state index in [9.17, 15) is 22.5 Å². The minimum atomic E-state index is -3.67. The molecule has 4 aromatic heterocycles. The van der Waals surface area contributed by atoms with Gasteiger partial charge in [-0.2, -0.15) is 0 Å². The van der Waals surface area contributed by atoms with Crippen LogP contribution >= 0.6 is 0 Å². The van der Waals surface area contributed by atoms with Crippen LogP contribution in [0, 0.1) is 7.05 Å². The van der Waals surface area contributed by atoms with Gasteiger partial charge in [0.2, 0.25) is 11.9 Å². The van der Waals surface area contributed by atoms with Gasteiger partial charge in [0, 0.05) is 43.7 Å². The maximum atomic E-state index is 10.7. The number of halogens is 3. The molecule has 0 aliphatic heterocycles. The standard InChI is InChI=1S/2C9H10N4.C7H15NO2.C6H12NO2.C2H6.BF3.K/c2*1-2-8-6-13(7-12-8)9-10-4-3-5-11-9;1-5-8-6(9)10-7(2,3)4;1-6(2,3)9-5(8)7-4;1-2;2-1(3)4;/h2*3-7H,2H2,1H3;5H2,1-4H3,(H,8,9);4H2,1-3H3,(H,7,8);1-2H3;;/q;;;-1;;;+1. The van der Waals surface area contributed by atoms with E-state index in [1.165, 1.54) is 0 Å². The molecule has 0 saturated carbocycles. The summed E-state index contributed by atoms with van der Waals surface area (Å²) in [6.07, 6.45) is 15.2. The van der Waals surface area contributed by atoms with Gasteiger partial charge in [0.15, 0.2) is 0 Å². The van der Waals surface area contributed by atoms with E-state index in [1.54, 1.807) is 70.3 Å². The number of aryl methyl sites for hydroxylation is 2. The molecule has 14 nitrogen and oxygen atoms in total. The summed E-state index contributed by atoms with van der Waals surface area (Å²) in [5.41, 5.74) is 1.28. The van der Waals surface area contributed by atoms with Crippen molar-refractivity contribution in [1.29, 1.82) is 0 Å². The third kappa shape index (κ3) is 29.2. The molecule has 0 aromatic carbocycles. The number of carbonyl (C=O) groups is 2. The van der Waals surface area contributed by atoms with Crippen molar-refractivity contribution in [2.75, 3.05) is 6.54 Å². The van der Waals surface area contributed by atoms with Crippen LogP contribution in [0.15, 0.2) is 62.0 Å². The maximum absolute atomic E-state index is 10.7. The predicted octanol–water partition coefficient (Wildman–Crippen LogP) is 4.19. The molecule has 0 aliphatic carbocycles. The molecule has 0 spiro atoms. The Hall–Kier alpha value is -3.39. The zero-order chi connectivity index (χ0) is 39.5. The monoisotopic (exact) mass is 760 g/mol. The van der Waals surface area contributed by atoms with Crippen molar-refractivity contribution < 1.29 is 83.4 Å². The third-order valence-electron chi connectivity index (χ3n) is 4.83. The molecule has 284 valence electrons. The summed E-state index contributed by atoms with van der Waals surface area (Å²) >= 11 is 0. The van der Waals surface area contributed by atoms with E-state index in [1.807, 2.05) is 63.1 Å². The number of carbonyl (C=O) groups excluding carboxylic acids is 2. The number of alkyl carbamates (subject to hydrolysis) is 2. The van der Waals surface area contributed by atoms with Crippen LogP contribution in [0.4, 0.5) is 22.5 Å². The van der Waals surface area contributed by atoms with Crippen molar-refractivity contribution in [3.05, 3.63) is 80.4 Å². The Morgan fingerprint density at radius 3 is 1.27 bits per heavy atom. The smallest absolute Gasteiger partial charge is 0.473 e. The van der Waals surface area contributed by atoms with Crippen molar-refractivity contribution in [2.45, 2.75) is 100 Å². The quantitative estimate of drug-likeness (QED) is 0.223.